The average molecular weight is 612 g/mol. The minimum atomic E-state index is 0.649. The van der Waals surface area contributed by atoms with Crippen molar-refractivity contribution in [3.63, 3.8) is 0 Å². The van der Waals surface area contributed by atoms with Crippen LogP contribution in [0, 0.1) is 0 Å². The van der Waals surface area contributed by atoms with Gasteiger partial charge in [0.05, 0.1) is 0 Å². The number of nitrogens with zero attached hydrogens (tertiary/aromatic N) is 3. The van der Waals surface area contributed by atoms with E-state index in [0.717, 1.165) is 32.8 Å². The van der Waals surface area contributed by atoms with Crippen LogP contribution in [0.15, 0.2) is 176 Å². The highest BCUT2D eigenvalue weighted by Gasteiger charge is 2.16. The van der Waals surface area contributed by atoms with E-state index in [9.17, 15) is 0 Å². The first-order valence-electron chi connectivity index (χ1n) is 16.2. The molecule has 0 radical (unpaired) electrons. The lowest BCUT2D eigenvalue weighted by Gasteiger charge is -2.14. The fourth-order valence-corrected chi connectivity index (χ4v) is 6.64. The molecule has 0 saturated heterocycles. The maximum absolute atomic E-state index is 5.14. The molecule has 0 saturated carbocycles. The van der Waals surface area contributed by atoms with Crippen LogP contribution in [0.1, 0.15) is 0 Å². The standard InChI is InChI=1S/C45H29N3/c1-3-11-30(12-4-1)34-20-21-36-29-38(24-22-35(36)27-34)44-46-43(32-14-5-2-6-15-32)47-45(48-44)42-26-25-39(40-17-9-10-18-41(40)42)37-23-19-31-13-7-8-16-33(31)28-37/h1-29H. The minimum Gasteiger partial charge on any atom is -0.208 e. The number of hydrogen-bond donors (Lipinski definition) is 0. The van der Waals surface area contributed by atoms with Crippen molar-refractivity contribution in [2.75, 3.05) is 0 Å². The van der Waals surface area contributed by atoms with Crippen molar-refractivity contribution in [3.8, 4) is 56.4 Å². The van der Waals surface area contributed by atoms with E-state index in [1.54, 1.807) is 0 Å². The van der Waals surface area contributed by atoms with Gasteiger partial charge < -0.3 is 0 Å². The Kier molecular flexibility index (Phi) is 6.80. The van der Waals surface area contributed by atoms with Crippen molar-refractivity contribution >= 4 is 32.3 Å². The van der Waals surface area contributed by atoms with E-state index >= 15 is 0 Å². The van der Waals surface area contributed by atoms with Gasteiger partial charge in [0, 0.05) is 16.7 Å². The summed E-state index contributed by atoms with van der Waals surface area (Å²) < 4.78 is 0. The molecular formula is C45H29N3. The normalized spacial score (nSPS) is 11.3. The van der Waals surface area contributed by atoms with Crippen molar-refractivity contribution in [3.05, 3.63) is 176 Å². The summed E-state index contributed by atoms with van der Waals surface area (Å²) in [5, 5.41) is 7.04. The minimum absolute atomic E-state index is 0.649. The molecule has 3 nitrogen and oxygen atoms in total. The SMILES string of the molecule is c1ccc(-c2ccc3cc(-c4nc(-c5ccccc5)nc(-c5ccc(-c6ccc7ccccc7c6)c6ccccc56)n4)ccc3c2)cc1. The van der Waals surface area contributed by atoms with Crippen molar-refractivity contribution < 1.29 is 0 Å². The monoisotopic (exact) mass is 611 g/mol. The second kappa shape index (κ2) is 11.7. The zero-order valence-corrected chi connectivity index (χ0v) is 26.1. The van der Waals surface area contributed by atoms with Crippen LogP contribution in [-0.2, 0) is 0 Å². The van der Waals surface area contributed by atoms with Crippen LogP contribution >= 0.6 is 0 Å². The summed E-state index contributed by atoms with van der Waals surface area (Å²) in [4.78, 5) is 15.2. The highest BCUT2D eigenvalue weighted by molar-refractivity contribution is 6.05. The van der Waals surface area contributed by atoms with Crippen molar-refractivity contribution in [2.24, 2.45) is 0 Å². The predicted octanol–water partition coefficient (Wildman–Crippen LogP) is 11.7. The Morgan fingerprint density at radius 3 is 1.46 bits per heavy atom. The van der Waals surface area contributed by atoms with E-state index in [1.807, 2.05) is 24.3 Å². The first kappa shape index (κ1) is 27.8. The van der Waals surface area contributed by atoms with Gasteiger partial charge in [-0.1, -0.05) is 152 Å². The van der Waals surface area contributed by atoms with Crippen LogP contribution in [-0.4, -0.2) is 15.0 Å². The molecule has 0 fully saturated rings. The fourth-order valence-electron chi connectivity index (χ4n) is 6.64. The number of aromatic nitrogens is 3. The number of fused-ring (bicyclic) bond motifs is 3. The summed E-state index contributed by atoms with van der Waals surface area (Å²) in [6.45, 7) is 0. The Hall–Kier alpha value is -6.45. The van der Waals surface area contributed by atoms with Crippen LogP contribution in [0.2, 0.25) is 0 Å². The van der Waals surface area contributed by atoms with Gasteiger partial charge in [-0.15, -0.1) is 0 Å². The highest BCUT2D eigenvalue weighted by atomic mass is 15.0. The van der Waals surface area contributed by atoms with Gasteiger partial charge in [-0.25, -0.2) is 15.0 Å². The molecule has 3 heteroatoms. The number of benzene rings is 8. The second-order valence-electron chi connectivity index (χ2n) is 12.1. The molecule has 0 N–H and O–H groups in total. The quantitative estimate of drug-likeness (QED) is 0.194. The van der Waals surface area contributed by atoms with Gasteiger partial charge in [-0.2, -0.15) is 0 Å². The Morgan fingerprint density at radius 2 is 0.708 bits per heavy atom. The molecule has 0 spiro atoms. The van der Waals surface area contributed by atoms with E-state index in [1.165, 1.54) is 38.4 Å². The summed E-state index contributed by atoms with van der Waals surface area (Å²) in [5.74, 6) is 1.95. The third-order valence-corrected chi connectivity index (χ3v) is 9.10. The van der Waals surface area contributed by atoms with Crippen LogP contribution in [0.3, 0.4) is 0 Å². The number of rotatable bonds is 5. The molecule has 224 valence electrons. The van der Waals surface area contributed by atoms with E-state index in [4.69, 9.17) is 15.0 Å². The predicted molar refractivity (Wildman–Crippen MR) is 200 cm³/mol. The van der Waals surface area contributed by atoms with Gasteiger partial charge in [-0.05, 0) is 78.8 Å². The molecule has 0 aliphatic carbocycles. The van der Waals surface area contributed by atoms with Crippen LogP contribution in [0.25, 0.3) is 88.7 Å². The summed E-state index contributed by atoms with van der Waals surface area (Å²) >= 11 is 0. The van der Waals surface area contributed by atoms with Gasteiger partial charge in [0.1, 0.15) is 0 Å². The maximum Gasteiger partial charge on any atom is 0.164 e. The topological polar surface area (TPSA) is 38.7 Å². The summed E-state index contributed by atoms with van der Waals surface area (Å²) in [6.07, 6.45) is 0. The zero-order valence-electron chi connectivity index (χ0n) is 26.1. The van der Waals surface area contributed by atoms with E-state index in [0.29, 0.717) is 17.5 Å². The number of hydrogen-bond acceptors (Lipinski definition) is 3. The van der Waals surface area contributed by atoms with Gasteiger partial charge in [0.2, 0.25) is 0 Å². The Balaban J connectivity index is 1.19. The summed E-state index contributed by atoms with van der Waals surface area (Å²) in [7, 11) is 0. The lowest BCUT2D eigenvalue weighted by Crippen LogP contribution is -2.01. The van der Waals surface area contributed by atoms with Crippen LogP contribution < -0.4 is 0 Å². The third-order valence-electron chi connectivity index (χ3n) is 9.10. The molecule has 48 heavy (non-hydrogen) atoms. The second-order valence-corrected chi connectivity index (χ2v) is 12.1. The third kappa shape index (κ3) is 5.08. The van der Waals surface area contributed by atoms with Crippen LogP contribution in [0.4, 0.5) is 0 Å². The lowest BCUT2D eigenvalue weighted by atomic mass is 9.93. The van der Waals surface area contributed by atoms with E-state index in [2.05, 4.69) is 152 Å². The van der Waals surface area contributed by atoms with E-state index in [-0.39, 0.29) is 0 Å². The summed E-state index contributed by atoms with van der Waals surface area (Å²) in [6, 6.07) is 61.8. The molecule has 9 rings (SSSR count). The highest BCUT2D eigenvalue weighted by Crippen LogP contribution is 2.37. The molecule has 8 aromatic carbocycles. The average Bonchev–Trinajstić information content (AvgIpc) is 3.17. The molecule has 0 atom stereocenters. The van der Waals surface area contributed by atoms with Crippen molar-refractivity contribution in [2.45, 2.75) is 0 Å². The molecule has 0 unspecified atom stereocenters. The van der Waals surface area contributed by atoms with Crippen LogP contribution in [0.5, 0.6) is 0 Å². The van der Waals surface area contributed by atoms with Crippen molar-refractivity contribution in [1.29, 1.82) is 0 Å². The smallest absolute Gasteiger partial charge is 0.164 e. The fraction of sp³-hybridized carbons (Fsp3) is 0. The largest absolute Gasteiger partial charge is 0.208 e. The zero-order chi connectivity index (χ0) is 31.9. The Morgan fingerprint density at radius 1 is 0.250 bits per heavy atom. The van der Waals surface area contributed by atoms with E-state index < -0.39 is 0 Å². The van der Waals surface area contributed by atoms with Gasteiger partial charge in [0.25, 0.3) is 0 Å². The molecule has 1 heterocycles. The summed E-state index contributed by atoms with van der Waals surface area (Å²) in [5.41, 5.74) is 7.65. The maximum atomic E-state index is 5.14. The molecular weight excluding hydrogens is 583 g/mol. The Labute approximate surface area is 278 Å². The molecule has 0 aliphatic rings. The van der Waals surface area contributed by atoms with Gasteiger partial charge >= 0.3 is 0 Å². The Bertz CT molecular complexity index is 2610. The molecule has 1 aromatic heterocycles. The van der Waals surface area contributed by atoms with Crippen molar-refractivity contribution in [1.82, 2.24) is 15.0 Å². The molecule has 9 aromatic rings. The first-order chi connectivity index (χ1) is 23.8. The molecule has 0 aliphatic heterocycles. The molecule has 0 bridgehead atoms. The first-order valence-corrected chi connectivity index (χ1v) is 16.2. The van der Waals surface area contributed by atoms with Gasteiger partial charge in [-0.3, -0.25) is 0 Å². The lowest BCUT2D eigenvalue weighted by molar-refractivity contribution is 1.08. The molecule has 0 amide bonds. The van der Waals surface area contributed by atoms with Gasteiger partial charge in [0.15, 0.2) is 17.5 Å².